The molecule has 0 rings (SSSR count). The van der Waals surface area contributed by atoms with Gasteiger partial charge in [-0.15, -0.1) is 0 Å². The summed E-state index contributed by atoms with van der Waals surface area (Å²) in [5.74, 6) is -4.37. The van der Waals surface area contributed by atoms with Gasteiger partial charge in [0, 0.05) is 40.0 Å². The summed E-state index contributed by atoms with van der Waals surface area (Å²) in [6.07, 6.45) is 0. The van der Waals surface area contributed by atoms with Crippen molar-refractivity contribution >= 4 is 27.8 Å². The Kier molecular flexibility index (Phi) is 27.8. The Balaban J connectivity index is -0.0000000606. The summed E-state index contributed by atoms with van der Waals surface area (Å²) in [7, 11) is 0.241. The minimum absolute atomic E-state index is 0. The van der Waals surface area contributed by atoms with Gasteiger partial charge in [-0.25, -0.2) is 0 Å². The first kappa shape index (κ1) is 24.6. The number of carbonyl (C=O) groups is 2. The van der Waals surface area contributed by atoms with Crippen LogP contribution in [-0.4, -0.2) is 51.9 Å². The molecular formula is C8H20O4P2Pt+2. The van der Waals surface area contributed by atoms with Crippen LogP contribution in [0, 0.1) is 0 Å². The molecule has 4 nitrogen and oxygen atoms in total. The third-order valence-corrected chi connectivity index (χ3v) is 0.167. The zero-order valence-corrected chi connectivity index (χ0v) is 14.2. The van der Waals surface area contributed by atoms with Crippen LogP contribution >= 0.6 is 15.8 Å². The molecule has 0 saturated carbocycles. The summed E-state index contributed by atoms with van der Waals surface area (Å²) in [6, 6.07) is 0. The molecule has 0 atom stereocenters. The van der Waals surface area contributed by atoms with E-state index >= 15 is 0 Å². The Hall–Kier alpha value is 0.488. The second-order valence-electron chi connectivity index (χ2n) is 3.57. The molecule has 0 spiro atoms. The predicted molar refractivity (Wildman–Crippen MR) is 62.2 cm³/mol. The minimum Gasteiger partial charge on any atom is -0.543 e. The van der Waals surface area contributed by atoms with Gasteiger partial charge in [-0.1, -0.05) is 0 Å². The molecule has 0 bridgehead atoms. The topological polar surface area (TPSA) is 80.3 Å². The fraction of sp³-hybridized carbons (Fsp3) is 0.750. The summed E-state index contributed by atoms with van der Waals surface area (Å²) in [5, 5.41) is 17.9. The first-order valence-electron chi connectivity index (χ1n) is 4.07. The monoisotopic (exact) mass is 437 g/mol. The van der Waals surface area contributed by atoms with Gasteiger partial charge >= 0.3 is 21.1 Å². The van der Waals surface area contributed by atoms with Crippen molar-refractivity contribution in [2.45, 2.75) is 0 Å². The first-order valence-corrected chi connectivity index (χ1v) is 10.1. The molecule has 0 aliphatic heterocycles. The summed E-state index contributed by atoms with van der Waals surface area (Å²) in [4.78, 5) is 17.9. The van der Waals surface area contributed by atoms with Crippen molar-refractivity contribution in [2.24, 2.45) is 0 Å². The second-order valence-corrected chi connectivity index (χ2v) is 9.57. The summed E-state index contributed by atoms with van der Waals surface area (Å²) in [5.41, 5.74) is 0. The van der Waals surface area contributed by atoms with Crippen LogP contribution in [0.15, 0.2) is 0 Å². The summed E-state index contributed by atoms with van der Waals surface area (Å²) < 4.78 is 0. The van der Waals surface area contributed by atoms with Crippen molar-refractivity contribution in [3.05, 3.63) is 0 Å². The molecular weight excluding hydrogens is 417 g/mol. The van der Waals surface area contributed by atoms with Gasteiger partial charge < -0.3 is 19.8 Å². The van der Waals surface area contributed by atoms with Crippen LogP contribution < -0.4 is 10.2 Å². The van der Waals surface area contributed by atoms with Gasteiger partial charge in [0.15, 0.2) is 0 Å². The van der Waals surface area contributed by atoms with Crippen LogP contribution in [0.25, 0.3) is 0 Å². The van der Waals surface area contributed by atoms with Crippen molar-refractivity contribution < 1.29 is 40.9 Å². The van der Waals surface area contributed by atoms with E-state index in [9.17, 15) is 0 Å². The minimum atomic E-state index is -2.19. The van der Waals surface area contributed by atoms with Gasteiger partial charge in [-0.2, -0.15) is 0 Å². The molecule has 0 unspecified atom stereocenters. The average molecular weight is 437 g/mol. The van der Waals surface area contributed by atoms with E-state index < -0.39 is 11.9 Å². The Morgan fingerprint density at radius 3 is 0.800 bits per heavy atom. The standard InChI is InChI=1S/2C3H9P.C2H2O4.Pt/c2*1-4(2)3;3-1(4)2(5)6;/h2*1-3H3;(H,3,4)(H,5,6);/q;;;+2. The first-order chi connectivity index (χ1) is 6.11. The Morgan fingerprint density at radius 2 is 0.800 bits per heavy atom. The molecule has 0 amide bonds. The van der Waals surface area contributed by atoms with E-state index in [0.717, 1.165) is 0 Å². The molecule has 15 heavy (non-hydrogen) atoms. The van der Waals surface area contributed by atoms with E-state index in [-0.39, 0.29) is 36.9 Å². The van der Waals surface area contributed by atoms with Gasteiger partial charge in [-0.05, 0) is 15.8 Å². The quantitative estimate of drug-likeness (QED) is 0.347. The zero-order chi connectivity index (χ0) is 12.3. The Bertz CT molecular complexity index is 139. The van der Waals surface area contributed by atoms with E-state index in [2.05, 4.69) is 40.0 Å². The predicted octanol–water partition coefficient (Wildman–Crippen LogP) is -1.34. The van der Waals surface area contributed by atoms with Crippen molar-refractivity contribution in [1.82, 2.24) is 0 Å². The number of hydrogen-bond donors (Lipinski definition) is 0. The third kappa shape index (κ3) is 112. The molecule has 0 aliphatic rings. The molecule has 0 radical (unpaired) electrons. The fourth-order valence-electron chi connectivity index (χ4n) is 0. The van der Waals surface area contributed by atoms with Gasteiger partial charge in [0.2, 0.25) is 0 Å². The van der Waals surface area contributed by atoms with E-state index in [4.69, 9.17) is 19.8 Å². The number of carboxylic acids is 2. The molecule has 0 fully saturated rings. The maximum absolute atomic E-state index is 8.93. The molecule has 0 heterocycles. The maximum atomic E-state index is 8.93. The Morgan fingerprint density at radius 1 is 0.733 bits per heavy atom. The van der Waals surface area contributed by atoms with Gasteiger partial charge in [0.05, 0.1) is 11.9 Å². The summed E-state index contributed by atoms with van der Waals surface area (Å²) in [6.45, 7) is 13.6. The number of carboxylic acid groups (broad SMARTS) is 2. The number of rotatable bonds is 0. The average Bonchev–Trinajstić information content (AvgIpc) is 1.83. The molecule has 7 heteroatoms. The fourth-order valence-corrected chi connectivity index (χ4v) is 0. The van der Waals surface area contributed by atoms with Gasteiger partial charge in [0.1, 0.15) is 0 Å². The molecule has 0 aromatic heterocycles. The molecule has 0 aliphatic carbocycles. The SMILES string of the molecule is C[PH+](C)C.C[PH+](C)C.O=C([O-])C(=O)[O-].[Pt+2]. The molecule has 0 N–H and O–H groups in total. The summed E-state index contributed by atoms with van der Waals surface area (Å²) >= 11 is 0. The Labute approximate surface area is 109 Å². The molecule has 94 valence electrons. The van der Waals surface area contributed by atoms with Crippen LogP contribution in [-0.2, 0) is 30.7 Å². The normalized spacial score (nSPS) is 7.73. The number of hydrogen-bond acceptors (Lipinski definition) is 4. The van der Waals surface area contributed by atoms with Crippen LogP contribution in [0.4, 0.5) is 0 Å². The van der Waals surface area contributed by atoms with Crippen molar-refractivity contribution in [3.8, 4) is 0 Å². The van der Waals surface area contributed by atoms with Crippen LogP contribution in [0.3, 0.4) is 0 Å². The van der Waals surface area contributed by atoms with Crippen LogP contribution in [0.1, 0.15) is 0 Å². The smallest absolute Gasteiger partial charge is 0.543 e. The molecule has 0 aromatic carbocycles. The van der Waals surface area contributed by atoms with E-state index in [1.54, 1.807) is 0 Å². The maximum Gasteiger partial charge on any atom is 2.00 e. The van der Waals surface area contributed by atoms with Crippen molar-refractivity contribution in [1.29, 1.82) is 0 Å². The zero-order valence-electron chi connectivity index (χ0n) is 9.95. The second kappa shape index (κ2) is 16.9. The van der Waals surface area contributed by atoms with E-state index in [1.165, 1.54) is 0 Å². The van der Waals surface area contributed by atoms with Crippen molar-refractivity contribution in [2.75, 3.05) is 40.0 Å². The largest absolute Gasteiger partial charge is 2.00 e. The van der Waals surface area contributed by atoms with E-state index in [1.807, 2.05) is 0 Å². The van der Waals surface area contributed by atoms with Gasteiger partial charge in [-0.3, -0.25) is 0 Å². The molecule has 0 saturated heterocycles. The van der Waals surface area contributed by atoms with Crippen LogP contribution in [0.2, 0.25) is 0 Å². The van der Waals surface area contributed by atoms with Gasteiger partial charge in [0.25, 0.3) is 0 Å². The number of aliphatic carboxylic acids is 2. The number of carbonyl (C=O) groups excluding carboxylic acids is 2. The van der Waals surface area contributed by atoms with Crippen LogP contribution in [0.5, 0.6) is 0 Å². The third-order valence-electron chi connectivity index (χ3n) is 0.167. The molecule has 0 aromatic rings. The van der Waals surface area contributed by atoms with E-state index in [0.29, 0.717) is 0 Å². The van der Waals surface area contributed by atoms with Crippen molar-refractivity contribution in [3.63, 3.8) is 0 Å².